The van der Waals surface area contributed by atoms with Crippen molar-refractivity contribution in [3.05, 3.63) is 83.4 Å². The summed E-state index contributed by atoms with van der Waals surface area (Å²) in [6, 6.07) is 16.2. The maximum Gasteiger partial charge on any atom is 0.250 e. The number of nitrogens with zero attached hydrogens (tertiary/aromatic N) is 3. The molecule has 0 radical (unpaired) electrons. The molecule has 2 saturated heterocycles. The Morgan fingerprint density at radius 3 is 2.75 bits per heavy atom. The van der Waals surface area contributed by atoms with Gasteiger partial charge in [0.25, 0.3) is 5.91 Å². The van der Waals surface area contributed by atoms with E-state index in [1.165, 1.54) is 0 Å². The number of hydrogen-bond acceptors (Lipinski definition) is 4. The smallest absolute Gasteiger partial charge is 0.250 e. The van der Waals surface area contributed by atoms with Gasteiger partial charge in [-0.25, -0.2) is 4.98 Å². The fraction of sp³-hybridized carbons (Fsp3) is 0.308. The highest BCUT2D eigenvalue weighted by Gasteiger charge is 2.39. The number of piperidine rings is 1. The largest absolute Gasteiger partial charge is 0.495 e. The normalized spacial score (nSPS) is 22.1. The van der Waals surface area contributed by atoms with Gasteiger partial charge in [0.2, 0.25) is 0 Å². The molecule has 0 aliphatic carbocycles. The molecule has 1 amide bonds. The van der Waals surface area contributed by atoms with E-state index in [-0.39, 0.29) is 18.0 Å². The van der Waals surface area contributed by atoms with E-state index in [9.17, 15) is 4.79 Å². The number of carbonyl (C=O) groups excluding carboxylic acids is 1. The molecule has 164 valence electrons. The van der Waals surface area contributed by atoms with Gasteiger partial charge < -0.3 is 18.9 Å². The summed E-state index contributed by atoms with van der Waals surface area (Å²) >= 11 is 0. The van der Waals surface area contributed by atoms with Crippen LogP contribution in [0.3, 0.4) is 0 Å². The van der Waals surface area contributed by atoms with Gasteiger partial charge in [-0.1, -0.05) is 36.4 Å². The lowest BCUT2D eigenvalue weighted by Crippen LogP contribution is -2.53. The Balaban J connectivity index is 1.45. The maximum absolute atomic E-state index is 13.6. The summed E-state index contributed by atoms with van der Waals surface area (Å²) in [5.41, 5.74) is 4.77. The molecule has 32 heavy (non-hydrogen) atoms. The summed E-state index contributed by atoms with van der Waals surface area (Å²) < 4.78 is 13.4. The van der Waals surface area contributed by atoms with E-state index < -0.39 is 0 Å². The molecule has 0 spiro atoms. The minimum atomic E-state index is -0.0486. The second-order valence-corrected chi connectivity index (χ2v) is 8.39. The number of aromatic nitrogens is 2. The molecule has 1 aromatic heterocycles. The van der Waals surface area contributed by atoms with Crippen LogP contribution in [0.25, 0.3) is 11.8 Å². The zero-order valence-corrected chi connectivity index (χ0v) is 18.4. The maximum atomic E-state index is 13.6. The number of hydrogen-bond donors (Lipinski definition) is 0. The summed E-state index contributed by atoms with van der Waals surface area (Å²) in [5.74, 6) is 0.845. The third-order valence-corrected chi connectivity index (χ3v) is 6.29. The first-order valence-electron chi connectivity index (χ1n) is 11.0. The standard InChI is InChI=1S/C26H27N3O3/c1-18-14-28(17-27-18)23-11-8-19(13-25(23)31-2)12-21-9-10-22-15-32-16-24(29(22)26(21)30)20-6-4-3-5-7-20/h3-8,11-14,17,22,24H,9-10,15-16H2,1-2H3/t22-,24-/m0/s1. The topological polar surface area (TPSA) is 56.6 Å². The quantitative estimate of drug-likeness (QED) is 0.579. The summed E-state index contributed by atoms with van der Waals surface area (Å²) in [6.45, 7) is 3.10. The van der Waals surface area contributed by atoms with Crippen molar-refractivity contribution in [2.75, 3.05) is 20.3 Å². The van der Waals surface area contributed by atoms with Gasteiger partial charge in [0, 0.05) is 11.8 Å². The third-order valence-electron chi connectivity index (χ3n) is 6.29. The summed E-state index contributed by atoms with van der Waals surface area (Å²) in [7, 11) is 1.66. The van der Waals surface area contributed by atoms with Crippen LogP contribution in [0.2, 0.25) is 0 Å². The van der Waals surface area contributed by atoms with Crippen molar-refractivity contribution in [2.24, 2.45) is 0 Å². The molecular weight excluding hydrogens is 402 g/mol. The van der Waals surface area contributed by atoms with Crippen LogP contribution in [0.4, 0.5) is 0 Å². The summed E-state index contributed by atoms with van der Waals surface area (Å²) in [5, 5.41) is 0. The lowest BCUT2D eigenvalue weighted by molar-refractivity contribution is -0.145. The second-order valence-electron chi connectivity index (χ2n) is 8.39. The average Bonchev–Trinajstić information content (AvgIpc) is 3.27. The Morgan fingerprint density at radius 1 is 1.16 bits per heavy atom. The third kappa shape index (κ3) is 3.82. The molecule has 2 aliphatic rings. The molecule has 6 nitrogen and oxygen atoms in total. The Hall–Kier alpha value is -3.38. The zero-order chi connectivity index (χ0) is 22.1. The molecule has 6 heteroatoms. The first kappa shape index (κ1) is 20.5. The average molecular weight is 430 g/mol. The predicted molar refractivity (Wildman–Crippen MR) is 123 cm³/mol. The Labute approximate surface area is 188 Å². The predicted octanol–water partition coefficient (Wildman–Crippen LogP) is 4.34. The first-order chi connectivity index (χ1) is 15.6. The molecule has 2 atom stereocenters. The molecule has 5 rings (SSSR count). The summed E-state index contributed by atoms with van der Waals surface area (Å²) in [6.07, 6.45) is 7.39. The Morgan fingerprint density at radius 2 is 2.00 bits per heavy atom. The summed E-state index contributed by atoms with van der Waals surface area (Å²) in [4.78, 5) is 19.9. The van der Waals surface area contributed by atoms with Gasteiger partial charge in [0.05, 0.1) is 50.1 Å². The molecule has 3 heterocycles. The lowest BCUT2D eigenvalue weighted by atomic mass is 9.91. The van der Waals surface area contributed by atoms with Crippen LogP contribution < -0.4 is 4.74 Å². The van der Waals surface area contributed by atoms with Crippen molar-refractivity contribution in [3.8, 4) is 11.4 Å². The van der Waals surface area contributed by atoms with Crippen molar-refractivity contribution < 1.29 is 14.3 Å². The number of benzene rings is 2. The van der Waals surface area contributed by atoms with Crippen LogP contribution in [0, 0.1) is 6.92 Å². The molecule has 2 fully saturated rings. The van der Waals surface area contributed by atoms with Crippen molar-refractivity contribution in [1.82, 2.24) is 14.5 Å². The Bertz CT molecular complexity index is 1150. The molecule has 0 saturated carbocycles. The number of morpholine rings is 1. The molecule has 0 bridgehead atoms. The van der Waals surface area contributed by atoms with Crippen molar-refractivity contribution >= 4 is 12.0 Å². The van der Waals surface area contributed by atoms with Gasteiger partial charge in [-0.3, -0.25) is 4.79 Å². The molecular formula is C26H27N3O3. The first-order valence-corrected chi connectivity index (χ1v) is 11.0. The Kier molecular flexibility index (Phi) is 5.53. The molecule has 3 aromatic rings. The van der Waals surface area contributed by atoms with Gasteiger partial charge in [0.1, 0.15) is 5.75 Å². The van der Waals surface area contributed by atoms with E-state index in [0.717, 1.165) is 46.7 Å². The van der Waals surface area contributed by atoms with Gasteiger partial charge in [-0.15, -0.1) is 0 Å². The van der Waals surface area contributed by atoms with E-state index in [0.29, 0.717) is 13.2 Å². The zero-order valence-electron chi connectivity index (χ0n) is 18.4. The number of amides is 1. The van der Waals surface area contributed by atoms with Crippen molar-refractivity contribution in [2.45, 2.75) is 31.8 Å². The van der Waals surface area contributed by atoms with Crippen LogP contribution in [-0.2, 0) is 9.53 Å². The lowest BCUT2D eigenvalue weighted by Gasteiger charge is -2.45. The number of imidazole rings is 1. The van der Waals surface area contributed by atoms with Crippen molar-refractivity contribution in [1.29, 1.82) is 0 Å². The van der Waals surface area contributed by atoms with E-state index >= 15 is 0 Å². The van der Waals surface area contributed by atoms with Crippen LogP contribution >= 0.6 is 0 Å². The number of rotatable bonds is 4. The highest BCUT2D eigenvalue weighted by molar-refractivity contribution is 5.99. The molecule has 2 aliphatic heterocycles. The highest BCUT2D eigenvalue weighted by Crippen LogP contribution is 2.36. The second kappa shape index (κ2) is 8.63. The van der Waals surface area contributed by atoms with E-state index in [1.807, 2.05) is 65.1 Å². The SMILES string of the molecule is COc1cc(C=C2CC[C@H]3COC[C@@H](c4ccccc4)N3C2=O)ccc1-n1cnc(C)c1. The van der Waals surface area contributed by atoms with Gasteiger partial charge >= 0.3 is 0 Å². The van der Waals surface area contributed by atoms with Crippen LogP contribution in [0.5, 0.6) is 5.75 Å². The number of aryl methyl sites for hydroxylation is 1. The monoisotopic (exact) mass is 429 g/mol. The van der Waals surface area contributed by atoms with Gasteiger partial charge in [-0.05, 0) is 49.1 Å². The minimum absolute atomic E-state index is 0.0486. The van der Waals surface area contributed by atoms with E-state index in [1.54, 1.807) is 13.4 Å². The molecule has 0 unspecified atom stereocenters. The van der Waals surface area contributed by atoms with Gasteiger partial charge in [0.15, 0.2) is 0 Å². The van der Waals surface area contributed by atoms with Crippen LogP contribution in [0.15, 0.2) is 66.6 Å². The van der Waals surface area contributed by atoms with Crippen molar-refractivity contribution in [3.63, 3.8) is 0 Å². The number of carbonyl (C=O) groups is 1. The van der Waals surface area contributed by atoms with Gasteiger partial charge in [-0.2, -0.15) is 0 Å². The minimum Gasteiger partial charge on any atom is -0.495 e. The highest BCUT2D eigenvalue weighted by atomic mass is 16.5. The number of methoxy groups -OCH3 is 1. The number of fused-ring (bicyclic) bond motifs is 1. The molecule has 0 N–H and O–H groups in total. The van der Waals surface area contributed by atoms with E-state index in [4.69, 9.17) is 9.47 Å². The fourth-order valence-corrected chi connectivity index (χ4v) is 4.67. The van der Waals surface area contributed by atoms with Crippen LogP contribution in [0.1, 0.15) is 35.7 Å². The number of ether oxygens (including phenoxy) is 2. The molecule has 2 aromatic carbocycles. The fourth-order valence-electron chi connectivity index (χ4n) is 4.67. The van der Waals surface area contributed by atoms with E-state index in [2.05, 4.69) is 17.1 Å². The van der Waals surface area contributed by atoms with Crippen LogP contribution in [-0.4, -0.2) is 46.7 Å².